The van der Waals surface area contributed by atoms with E-state index in [0.717, 1.165) is 67.0 Å². The van der Waals surface area contributed by atoms with E-state index in [1.54, 1.807) is 0 Å². The molecule has 0 saturated carbocycles. The van der Waals surface area contributed by atoms with Gasteiger partial charge in [-0.1, -0.05) is 203 Å². The van der Waals surface area contributed by atoms with E-state index in [9.17, 15) is 0 Å². The Morgan fingerprint density at radius 1 is 0.207 bits per heavy atom. The van der Waals surface area contributed by atoms with Gasteiger partial charge in [0.15, 0.2) is 0 Å². The molecule has 448 valence electrons. The predicted molar refractivity (Wildman–Crippen MR) is 385 cm³/mol. The van der Waals surface area contributed by atoms with Crippen LogP contribution in [0.25, 0.3) is 99.2 Å². The Kier molecular flexibility index (Phi) is 12.0. The van der Waals surface area contributed by atoms with E-state index in [2.05, 4.69) is 310 Å². The Morgan fingerprint density at radius 2 is 0.543 bits per heavy atom. The maximum atomic E-state index is 6.38. The van der Waals surface area contributed by atoms with Gasteiger partial charge in [0.25, 0.3) is 0 Å². The molecule has 0 spiro atoms. The van der Waals surface area contributed by atoms with E-state index in [-0.39, 0.29) is 27.1 Å². The maximum absolute atomic E-state index is 6.38. The van der Waals surface area contributed by atoms with E-state index in [1.807, 2.05) is 24.3 Å². The summed E-state index contributed by atoms with van der Waals surface area (Å²) in [6.45, 7) is 23.9. The minimum Gasteiger partial charge on any atom is -0.456 e. The molecular formula is C87H72N2O3. The predicted octanol–water partition coefficient (Wildman–Crippen LogP) is 24.8. The highest BCUT2D eigenvalue weighted by molar-refractivity contribution is 6.09. The number of nitrogens with zero attached hydrogens (tertiary/aromatic N) is 2. The standard InChI is InChI=1S/C45H39NO.C42H33NO2/c1-43(2)37-18-12-10-16-31(37)32-22-20-29(24-38(32)43)46(28-14-8-7-9-15-28)30-21-23-33-35-26-36-34-17-11-13-19-41(34)47-42(36)27-40(35)45(5,6)44(3,4)39(33)25-30;1-41(2)35-22-27(18-20-29(35)33-25-40-34(24-36(33)42(41,3)4)31-15-9-11-17-38(31)45-40)43(26-12-6-5-7-13-26)28-19-21-32-30-14-8-10-16-37(30)44-39(32)23-28/h7-27H,1-6H3;5-25H,1-4H3. The molecule has 0 amide bonds. The van der Waals surface area contributed by atoms with Gasteiger partial charge in [-0.15, -0.1) is 0 Å². The first-order valence-electron chi connectivity index (χ1n) is 32.5. The van der Waals surface area contributed by atoms with E-state index in [1.165, 1.54) is 99.7 Å². The summed E-state index contributed by atoms with van der Waals surface area (Å²) in [5.74, 6) is 0. The van der Waals surface area contributed by atoms with Crippen molar-refractivity contribution in [2.75, 3.05) is 9.80 Å². The molecule has 0 unspecified atom stereocenters. The van der Waals surface area contributed by atoms with Gasteiger partial charge in [0.1, 0.15) is 33.5 Å². The van der Waals surface area contributed by atoms with Crippen molar-refractivity contribution in [2.24, 2.45) is 0 Å². The van der Waals surface area contributed by atoms with Crippen LogP contribution in [0, 0.1) is 0 Å². The molecule has 0 saturated heterocycles. The topological polar surface area (TPSA) is 45.9 Å². The van der Waals surface area contributed by atoms with Gasteiger partial charge in [-0.2, -0.15) is 0 Å². The molecule has 0 fully saturated rings. The lowest BCUT2D eigenvalue weighted by molar-refractivity contribution is 0.299. The summed E-state index contributed by atoms with van der Waals surface area (Å²) in [5.41, 5.74) is 27.7. The minimum atomic E-state index is -0.149. The molecule has 0 N–H and O–H groups in total. The summed E-state index contributed by atoms with van der Waals surface area (Å²) >= 11 is 0. The fourth-order valence-electron chi connectivity index (χ4n) is 15.9. The van der Waals surface area contributed by atoms with Crippen LogP contribution in [0.3, 0.4) is 0 Å². The van der Waals surface area contributed by atoms with Crippen molar-refractivity contribution in [1.29, 1.82) is 0 Å². The Hall–Kier alpha value is -10.4. The van der Waals surface area contributed by atoms with Crippen LogP contribution < -0.4 is 9.80 Å². The quantitative estimate of drug-likeness (QED) is 0.166. The van der Waals surface area contributed by atoms with Gasteiger partial charge >= 0.3 is 0 Å². The second kappa shape index (κ2) is 19.8. The monoisotopic (exact) mass is 1190 g/mol. The number of hydrogen-bond acceptors (Lipinski definition) is 5. The highest BCUT2D eigenvalue weighted by Gasteiger charge is 2.48. The van der Waals surface area contributed by atoms with Crippen LogP contribution in [-0.4, -0.2) is 0 Å². The lowest BCUT2D eigenvalue weighted by Gasteiger charge is -2.48. The van der Waals surface area contributed by atoms with Gasteiger partial charge in [0.2, 0.25) is 0 Å². The Morgan fingerprint density at radius 3 is 1.07 bits per heavy atom. The summed E-state index contributed by atoms with van der Waals surface area (Å²) in [6, 6.07) is 92.3. The minimum absolute atomic E-state index is 0.0710. The summed E-state index contributed by atoms with van der Waals surface area (Å²) in [7, 11) is 0. The zero-order valence-electron chi connectivity index (χ0n) is 53.9. The third-order valence-corrected chi connectivity index (χ3v) is 22.4. The normalized spacial score (nSPS) is 15.7. The van der Waals surface area contributed by atoms with E-state index >= 15 is 0 Å². The van der Waals surface area contributed by atoms with Crippen LogP contribution in [0.15, 0.2) is 268 Å². The van der Waals surface area contributed by atoms with Crippen LogP contribution >= 0.6 is 0 Å². The molecule has 3 aliphatic carbocycles. The van der Waals surface area contributed by atoms with Gasteiger partial charge in [-0.05, 0) is 204 Å². The lowest BCUT2D eigenvalue weighted by Crippen LogP contribution is -2.43. The van der Waals surface area contributed by atoms with Crippen molar-refractivity contribution < 1.29 is 13.3 Å². The van der Waals surface area contributed by atoms with Gasteiger partial charge in [-0.3, -0.25) is 0 Å². The molecule has 15 aromatic rings. The number of fused-ring (bicyclic) bond motifs is 18. The van der Waals surface area contributed by atoms with E-state index < -0.39 is 0 Å². The van der Waals surface area contributed by atoms with Crippen LogP contribution in [0.5, 0.6) is 0 Å². The van der Waals surface area contributed by atoms with Crippen LogP contribution in [0.2, 0.25) is 0 Å². The van der Waals surface area contributed by atoms with Crippen molar-refractivity contribution in [1.82, 2.24) is 0 Å². The van der Waals surface area contributed by atoms with Crippen molar-refractivity contribution in [3.63, 3.8) is 0 Å². The number of benzene rings is 12. The third-order valence-electron chi connectivity index (χ3n) is 22.4. The SMILES string of the molecule is CC1(C)c2cc(N(c3ccccc3)c3ccc4c(c3)oc3ccccc34)ccc2-c2cc3oc4ccccc4c3cc2C1(C)C.CC1(C)c2ccccc2-c2ccc(N(c3ccccc3)c3ccc4c(c3)C(C)(C)C(C)(C)c3cc5oc6ccccc6c5cc3-4)cc21. The largest absolute Gasteiger partial charge is 0.456 e. The zero-order chi connectivity index (χ0) is 62.8. The molecule has 5 nitrogen and oxygen atoms in total. The van der Waals surface area contributed by atoms with Gasteiger partial charge in [-0.25, -0.2) is 0 Å². The Labute approximate surface area is 537 Å². The molecule has 0 aliphatic heterocycles. The summed E-state index contributed by atoms with van der Waals surface area (Å²) < 4.78 is 19.1. The molecule has 5 heteroatoms. The maximum Gasteiger partial charge on any atom is 0.137 e. The average molecular weight is 1190 g/mol. The molecule has 3 heterocycles. The van der Waals surface area contributed by atoms with E-state index in [4.69, 9.17) is 13.3 Å². The van der Waals surface area contributed by atoms with Crippen LogP contribution in [0.1, 0.15) is 103 Å². The number of anilines is 6. The number of furan rings is 3. The van der Waals surface area contributed by atoms with Crippen LogP contribution in [0.4, 0.5) is 34.1 Å². The molecule has 12 aromatic carbocycles. The van der Waals surface area contributed by atoms with Gasteiger partial charge in [0.05, 0.1) is 0 Å². The van der Waals surface area contributed by atoms with Gasteiger partial charge < -0.3 is 23.1 Å². The summed E-state index contributed by atoms with van der Waals surface area (Å²) in [6.07, 6.45) is 0. The summed E-state index contributed by atoms with van der Waals surface area (Å²) in [4.78, 5) is 4.78. The second-order valence-electron chi connectivity index (χ2n) is 28.5. The molecule has 18 rings (SSSR count). The van der Waals surface area contributed by atoms with Gasteiger partial charge in [0, 0.05) is 77.9 Å². The summed E-state index contributed by atoms with van der Waals surface area (Å²) in [5, 5.41) is 6.97. The fraction of sp³-hybridized carbons (Fsp3) is 0.172. The van der Waals surface area contributed by atoms with Crippen LogP contribution in [-0.2, 0) is 27.1 Å². The molecule has 3 aliphatic rings. The number of rotatable bonds is 6. The molecule has 0 bridgehead atoms. The first-order valence-corrected chi connectivity index (χ1v) is 32.5. The number of hydrogen-bond donors (Lipinski definition) is 0. The Balaban J connectivity index is 0.000000141. The third kappa shape index (κ3) is 8.03. The molecule has 0 radical (unpaired) electrons. The van der Waals surface area contributed by atoms with Crippen molar-refractivity contribution >= 4 is 99.9 Å². The molecular weight excluding hydrogens is 1120 g/mol. The first kappa shape index (κ1) is 55.7. The highest BCUT2D eigenvalue weighted by Crippen LogP contribution is 2.59. The van der Waals surface area contributed by atoms with E-state index in [0.29, 0.717) is 0 Å². The molecule has 92 heavy (non-hydrogen) atoms. The fourth-order valence-corrected chi connectivity index (χ4v) is 15.9. The smallest absolute Gasteiger partial charge is 0.137 e. The van der Waals surface area contributed by atoms with Crippen molar-refractivity contribution in [3.05, 3.63) is 288 Å². The molecule has 3 aromatic heterocycles. The number of para-hydroxylation sites is 5. The average Bonchev–Trinajstić information content (AvgIpc) is 1.08. The second-order valence-corrected chi connectivity index (χ2v) is 28.5. The van der Waals surface area contributed by atoms with Crippen molar-refractivity contribution in [3.8, 4) is 33.4 Å². The lowest BCUT2D eigenvalue weighted by atomic mass is 9.55. The first-order chi connectivity index (χ1) is 44.4. The van der Waals surface area contributed by atoms with Crippen molar-refractivity contribution in [2.45, 2.75) is 96.3 Å². The highest BCUT2D eigenvalue weighted by atomic mass is 16.3. The Bertz CT molecular complexity index is 5520. The molecule has 0 atom stereocenters. The zero-order valence-corrected chi connectivity index (χ0v) is 53.9.